The van der Waals surface area contributed by atoms with Crippen LogP contribution in [0.5, 0.6) is 5.75 Å². The van der Waals surface area contributed by atoms with Crippen molar-refractivity contribution in [2.75, 3.05) is 13.2 Å². The Hall–Kier alpha value is -2.27. The highest BCUT2D eigenvalue weighted by Gasteiger charge is 2.15. The van der Waals surface area contributed by atoms with Crippen molar-refractivity contribution in [1.29, 1.82) is 0 Å². The van der Waals surface area contributed by atoms with Crippen molar-refractivity contribution >= 4 is 5.91 Å². The molecule has 2 N–H and O–H groups in total. The summed E-state index contributed by atoms with van der Waals surface area (Å²) < 4.78 is 10.8. The maximum absolute atomic E-state index is 11.9. The minimum atomic E-state index is -0.500. The summed E-state index contributed by atoms with van der Waals surface area (Å²) >= 11 is 0. The van der Waals surface area contributed by atoms with E-state index < -0.39 is 6.04 Å². The van der Waals surface area contributed by atoms with Crippen molar-refractivity contribution in [3.05, 3.63) is 54.0 Å². The quantitative estimate of drug-likeness (QED) is 0.735. The molecule has 0 fully saturated rings. The number of aliphatic hydroxyl groups excluding tert-OH is 1. The van der Waals surface area contributed by atoms with E-state index in [4.69, 9.17) is 9.15 Å². The standard InChI is InChI=1S/C17H21NO4/c1-13-5-2-6-14(11-13)21-9-4-8-17(20)18-15(12-19)16-7-3-10-22-16/h2-3,5-7,10-11,15,19H,4,8-9,12H2,1H3,(H,18,20). The molecule has 118 valence electrons. The Morgan fingerprint density at radius 1 is 1.36 bits per heavy atom. The number of furan rings is 1. The van der Waals surface area contributed by atoms with Gasteiger partial charge in [-0.2, -0.15) is 0 Å². The van der Waals surface area contributed by atoms with E-state index in [-0.39, 0.29) is 12.5 Å². The van der Waals surface area contributed by atoms with Crippen molar-refractivity contribution in [3.63, 3.8) is 0 Å². The molecule has 1 atom stereocenters. The Bertz CT molecular complexity index is 580. The number of carbonyl (C=O) groups is 1. The molecule has 0 bridgehead atoms. The summed E-state index contributed by atoms with van der Waals surface area (Å²) in [6.45, 7) is 2.28. The molecule has 5 nitrogen and oxygen atoms in total. The summed E-state index contributed by atoms with van der Waals surface area (Å²) in [4.78, 5) is 11.9. The minimum absolute atomic E-state index is 0.136. The summed E-state index contributed by atoms with van der Waals surface area (Å²) in [5.41, 5.74) is 1.14. The molecule has 0 spiro atoms. The van der Waals surface area contributed by atoms with Crippen LogP contribution in [-0.4, -0.2) is 24.2 Å². The highest BCUT2D eigenvalue weighted by molar-refractivity contribution is 5.76. The van der Waals surface area contributed by atoms with Gasteiger partial charge >= 0.3 is 0 Å². The maximum Gasteiger partial charge on any atom is 0.220 e. The van der Waals surface area contributed by atoms with Gasteiger partial charge in [-0.1, -0.05) is 12.1 Å². The van der Waals surface area contributed by atoms with E-state index in [2.05, 4.69) is 5.32 Å². The zero-order valence-corrected chi connectivity index (χ0v) is 12.6. The first-order valence-electron chi connectivity index (χ1n) is 7.32. The Balaban J connectivity index is 1.69. The second kappa shape index (κ2) is 8.24. The second-order valence-electron chi connectivity index (χ2n) is 5.09. The molecule has 1 amide bonds. The number of aryl methyl sites for hydroxylation is 1. The summed E-state index contributed by atoms with van der Waals surface area (Å²) in [6.07, 6.45) is 2.46. The lowest BCUT2D eigenvalue weighted by Gasteiger charge is -2.14. The van der Waals surface area contributed by atoms with Crippen molar-refractivity contribution in [2.45, 2.75) is 25.8 Å². The molecule has 0 aliphatic heterocycles. The first-order chi connectivity index (χ1) is 10.7. The molecule has 0 saturated heterocycles. The topological polar surface area (TPSA) is 71.7 Å². The number of benzene rings is 1. The molecule has 0 aliphatic rings. The average Bonchev–Trinajstić information content (AvgIpc) is 3.03. The fourth-order valence-corrected chi connectivity index (χ4v) is 2.09. The van der Waals surface area contributed by atoms with Gasteiger partial charge in [0.2, 0.25) is 5.91 Å². The third-order valence-corrected chi connectivity index (χ3v) is 3.21. The van der Waals surface area contributed by atoms with Crippen LogP contribution in [-0.2, 0) is 4.79 Å². The van der Waals surface area contributed by atoms with Crippen molar-refractivity contribution in [1.82, 2.24) is 5.32 Å². The minimum Gasteiger partial charge on any atom is -0.494 e. The SMILES string of the molecule is Cc1cccc(OCCCC(=O)NC(CO)c2ccco2)c1. The lowest BCUT2D eigenvalue weighted by molar-refractivity contribution is -0.122. The van der Waals surface area contributed by atoms with Gasteiger partial charge < -0.3 is 19.6 Å². The van der Waals surface area contributed by atoms with Gasteiger partial charge in [-0.25, -0.2) is 0 Å². The maximum atomic E-state index is 11.9. The Kier molecular flexibility index (Phi) is 6.03. The lowest BCUT2D eigenvalue weighted by Crippen LogP contribution is -2.30. The first kappa shape index (κ1) is 16.1. The summed E-state index contributed by atoms with van der Waals surface area (Å²) in [6, 6.07) is 10.7. The molecule has 2 aromatic rings. The first-order valence-corrected chi connectivity index (χ1v) is 7.32. The predicted octanol–water partition coefficient (Wildman–Crippen LogP) is 2.60. The summed E-state index contributed by atoms with van der Waals surface area (Å²) in [5, 5.41) is 12.0. The Labute approximate surface area is 129 Å². The molecule has 1 aromatic carbocycles. The Morgan fingerprint density at radius 3 is 2.91 bits per heavy atom. The monoisotopic (exact) mass is 303 g/mol. The van der Waals surface area contributed by atoms with Crippen LogP contribution in [0.2, 0.25) is 0 Å². The molecule has 22 heavy (non-hydrogen) atoms. The number of aliphatic hydroxyl groups is 1. The van der Waals surface area contributed by atoms with Gasteiger partial charge in [0.25, 0.3) is 0 Å². The van der Waals surface area contributed by atoms with E-state index in [1.807, 2.05) is 31.2 Å². The summed E-state index contributed by atoms with van der Waals surface area (Å²) in [5.74, 6) is 1.22. The van der Waals surface area contributed by atoms with Gasteiger partial charge in [0.05, 0.1) is 19.5 Å². The molecule has 0 radical (unpaired) electrons. The van der Waals surface area contributed by atoms with Crippen LogP contribution < -0.4 is 10.1 Å². The lowest BCUT2D eigenvalue weighted by atomic mass is 10.2. The number of nitrogens with one attached hydrogen (secondary N) is 1. The van der Waals surface area contributed by atoms with Crippen molar-refractivity contribution in [2.24, 2.45) is 0 Å². The van der Waals surface area contributed by atoms with Gasteiger partial charge in [0.1, 0.15) is 17.6 Å². The highest BCUT2D eigenvalue weighted by Crippen LogP contribution is 2.14. The van der Waals surface area contributed by atoms with Gasteiger partial charge in [-0.15, -0.1) is 0 Å². The smallest absolute Gasteiger partial charge is 0.220 e. The molecule has 0 aliphatic carbocycles. The van der Waals surface area contributed by atoms with E-state index in [1.54, 1.807) is 12.1 Å². The average molecular weight is 303 g/mol. The highest BCUT2D eigenvalue weighted by atomic mass is 16.5. The number of carbonyl (C=O) groups excluding carboxylic acids is 1. The molecule has 2 rings (SSSR count). The zero-order valence-electron chi connectivity index (χ0n) is 12.6. The molecule has 0 saturated carbocycles. The van der Waals surface area contributed by atoms with E-state index in [0.717, 1.165) is 11.3 Å². The van der Waals surface area contributed by atoms with Gasteiger partial charge in [0.15, 0.2) is 0 Å². The number of hydrogen-bond donors (Lipinski definition) is 2. The largest absolute Gasteiger partial charge is 0.494 e. The Morgan fingerprint density at radius 2 is 2.23 bits per heavy atom. The van der Waals surface area contributed by atoms with Crippen LogP contribution in [0.1, 0.15) is 30.2 Å². The van der Waals surface area contributed by atoms with Crippen molar-refractivity contribution in [3.8, 4) is 5.75 Å². The van der Waals surface area contributed by atoms with E-state index in [9.17, 15) is 9.90 Å². The van der Waals surface area contributed by atoms with Crippen molar-refractivity contribution < 1.29 is 19.1 Å². The van der Waals surface area contributed by atoms with Gasteiger partial charge in [-0.05, 0) is 43.2 Å². The molecule has 1 heterocycles. The van der Waals surface area contributed by atoms with Crippen LogP contribution >= 0.6 is 0 Å². The van der Waals surface area contributed by atoms with E-state index >= 15 is 0 Å². The van der Waals surface area contributed by atoms with Gasteiger partial charge in [-0.3, -0.25) is 4.79 Å². The van der Waals surface area contributed by atoms with Crippen LogP contribution in [0.25, 0.3) is 0 Å². The van der Waals surface area contributed by atoms with E-state index in [0.29, 0.717) is 25.2 Å². The number of amides is 1. The molecular formula is C17H21NO4. The number of rotatable bonds is 8. The van der Waals surface area contributed by atoms with Crippen LogP contribution in [0.3, 0.4) is 0 Å². The fourth-order valence-electron chi connectivity index (χ4n) is 2.09. The number of ether oxygens (including phenoxy) is 1. The number of hydrogen-bond acceptors (Lipinski definition) is 4. The molecule has 1 unspecified atom stereocenters. The summed E-state index contributed by atoms with van der Waals surface area (Å²) in [7, 11) is 0. The van der Waals surface area contributed by atoms with Gasteiger partial charge in [0, 0.05) is 6.42 Å². The van der Waals surface area contributed by atoms with E-state index in [1.165, 1.54) is 6.26 Å². The van der Waals surface area contributed by atoms with Crippen LogP contribution in [0, 0.1) is 6.92 Å². The zero-order chi connectivity index (χ0) is 15.8. The third-order valence-electron chi connectivity index (χ3n) is 3.21. The van der Waals surface area contributed by atoms with Crippen LogP contribution in [0.15, 0.2) is 47.1 Å². The normalized spacial score (nSPS) is 11.9. The molecule has 5 heteroatoms. The third kappa shape index (κ3) is 4.93. The van der Waals surface area contributed by atoms with Crippen LogP contribution in [0.4, 0.5) is 0 Å². The molecule has 1 aromatic heterocycles. The second-order valence-corrected chi connectivity index (χ2v) is 5.09. The molecular weight excluding hydrogens is 282 g/mol. The fraction of sp³-hybridized carbons (Fsp3) is 0.353. The predicted molar refractivity (Wildman–Crippen MR) is 82.6 cm³/mol.